The number of carbonyl (C=O) groups excluding carboxylic acids is 1. The van der Waals surface area contributed by atoms with E-state index < -0.39 is 0 Å². The van der Waals surface area contributed by atoms with Crippen molar-refractivity contribution >= 4 is 21.8 Å². The van der Waals surface area contributed by atoms with E-state index in [0.717, 1.165) is 22.3 Å². The summed E-state index contributed by atoms with van der Waals surface area (Å²) in [6.45, 7) is 4.35. The normalized spacial score (nSPS) is 10.8. The Bertz CT molecular complexity index is 671. The molecule has 0 aromatic heterocycles. The first-order valence-corrected chi connectivity index (χ1v) is 9.16. The molecule has 0 aliphatic carbocycles. The molecule has 0 bridgehead atoms. The topological polar surface area (TPSA) is 32.8 Å². The van der Waals surface area contributed by atoms with Gasteiger partial charge in [-0.3, -0.25) is 9.69 Å². The lowest BCUT2D eigenvalue weighted by Gasteiger charge is -2.22. The van der Waals surface area contributed by atoms with Gasteiger partial charge >= 0.3 is 0 Å². The Morgan fingerprint density at radius 3 is 2.12 bits per heavy atom. The van der Waals surface area contributed by atoms with Crippen LogP contribution >= 0.6 is 15.9 Å². The predicted molar refractivity (Wildman–Crippen MR) is 105 cm³/mol. The molecule has 2 rings (SSSR count). The van der Waals surface area contributed by atoms with Crippen LogP contribution in [0.3, 0.4) is 0 Å². The van der Waals surface area contributed by atoms with Gasteiger partial charge in [0.05, 0.1) is 13.2 Å². The molecule has 0 radical (unpaired) electrons. The Balaban J connectivity index is 1.83. The van der Waals surface area contributed by atoms with Crippen LogP contribution in [0.1, 0.15) is 18.1 Å². The van der Waals surface area contributed by atoms with Crippen LogP contribution in [0.15, 0.2) is 53.0 Å². The largest absolute Gasteiger partial charge is 0.494 e. The second kappa shape index (κ2) is 9.59. The number of benzene rings is 2. The quantitative estimate of drug-likeness (QED) is 0.667. The zero-order valence-electron chi connectivity index (χ0n) is 15.0. The smallest absolute Gasteiger partial charge is 0.236 e. The number of nitrogens with zero attached hydrogens (tertiary/aromatic N) is 2. The van der Waals surface area contributed by atoms with Gasteiger partial charge in [-0.05, 0) is 49.4 Å². The first-order valence-electron chi connectivity index (χ1n) is 8.36. The van der Waals surface area contributed by atoms with Gasteiger partial charge in [0.2, 0.25) is 5.91 Å². The minimum Gasteiger partial charge on any atom is -0.494 e. The average Bonchev–Trinajstić information content (AvgIpc) is 2.59. The Morgan fingerprint density at radius 2 is 1.52 bits per heavy atom. The zero-order chi connectivity index (χ0) is 18.2. The maximum Gasteiger partial charge on any atom is 0.236 e. The highest BCUT2D eigenvalue weighted by molar-refractivity contribution is 9.10. The summed E-state index contributed by atoms with van der Waals surface area (Å²) < 4.78 is 6.50. The van der Waals surface area contributed by atoms with Crippen molar-refractivity contribution in [3.63, 3.8) is 0 Å². The standard InChI is InChI=1S/C20H25BrN2O2/c1-4-25-19-11-7-17(8-12-19)14-23(3)20(24)15-22(2)13-16-5-9-18(21)10-6-16/h5-12H,4,13-15H2,1-3H3. The number of hydrogen-bond donors (Lipinski definition) is 0. The van der Waals surface area contributed by atoms with Gasteiger partial charge in [-0.2, -0.15) is 0 Å². The molecule has 134 valence electrons. The van der Waals surface area contributed by atoms with Crippen molar-refractivity contribution in [1.82, 2.24) is 9.80 Å². The lowest BCUT2D eigenvalue weighted by atomic mass is 10.2. The van der Waals surface area contributed by atoms with Gasteiger partial charge in [0, 0.05) is 24.6 Å². The molecule has 0 saturated heterocycles. The van der Waals surface area contributed by atoms with Crippen molar-refractivity contribution < 1.29 is 9.53 Å². The molecule has 0 spiro atoms. The summed E-state index contributed by atoms with van der Waals surface area (Å²) >= 11 is 3.43. The van der Waals surface area contributed by atoms with E-state index in [1.807, 2.05) is 62.3 Å². The van der Waals surface area contributed by atoms with Crippen LogP contribution in [-0.2, 0) is 17.9 Å². The van der Waals surface area contributed by atoms with Crippen LogP contribution < -0.4 is 4.74 Å². The summed E-state index contributed by atoms with van der Waals surface area (Å²) in [5.74, 6) is 0.961. The van der Waals surface area contributed by atoms with Gasteiger partial charge in [0.1, 0.15) is 5.75 Å². The minimum absolute atomic E-state index is 0.105. The molecule has 5 heteroatoms. The van der Waals surface area contributed by atoms with Crippen molar-refractivity contribution in [2.24, 2.45) is 0 Å². The number of likely N-dealkylation sites (N-methyl/N-ethyl adjacent to an activating group) is 2. The number of halogens is 1. The lowest BCUT2D eigenvalue weighted by Crippen LogP contribution is -2.36. The van der Waals surface area contributed by atoms with Crippen LogP contribution in [0.25, 0.3) is 0 Å². The molecular formula is C20H25BrN2O2. The maximum absolute atomic E-state index is 12.4. The van der Waals surface area contributed by atoms with Gasteiger partial charge in [0.25, 0.3) is 0 Å². The molecule has 0 fully saturated rings. The third kappa shape index (κ3) is 6.52. The van der Waals surface area contributed by atoms with Crippen LogP contribution in [0.4, 0.5) is 0 Å². The summed E-state index contributed by atoms with van der Waals surface area (Å²) in [6.07, 6.45) is 0. The van der Waals surface area contributed by atoms with Crippen LogP contribution in [0, 0.1) is 0 Å². The molecule has 0 unspecified atom stereocenters. The van der Waals surface area contributed by atoms with Crippen molar-refractivity contribution in [3.05, 3.63) is 64.1 Å². The van der Waals surface area contributed by atoms with Crippen LogP contribution in [-0.4, -0.2) is 43.0 Å². The van der Waals surface area contributed by atoms with E-state index in [0.29, 0.717) is 19.7 Å². The molecule has 0 aliphatic rings. The molecule has 0 atom stereocenters. The monoisotopic (exact) mass is 404 g/mol. The van der Waals surface area contributed by atoms with Gasteiger partial charge in [-0.15, -0.1) is 0 Å². The van der Waals surface area contributed by atoms with Gasteiger partial charge < -0.3 is 9.64 Å². The van der Waals surface area contributed by atoms with E-state index in [4.69, 9.17) is 4.74 Å². The highest BCUT2D eigenvalue weighted by atomic mass is 79.9. The van der Waals surface area contributed by atoms with Crippen molar-refractivity contribution in [2.75, 3.05) is 27.2 Å². The SMILES string of the molecule is CCOc1ccc(CN(C)C(=O)CN(C)Cc2ccc(Br)cc2)cc1. The molecule has 0 heterocycles. The van der Waals surface area contributed by atoms with E-state index in [9.17, 15) is 4.79 Å². The van der Waals surface area contributed by atoms with Crippen LogP contribution in [0.2, 0.25) is 0 Å². The number of amides is 1. The van der Waals surface area contributed by atoms with Gasteiger partial charge in [-0.25, -0.2) is 0 Å². The molecule has 4 nitrogen and oxygen atoms in total. The summed E-state index contributed by atoms with van der Waals surface area (Å²) in [7, 11) is 3.80. The second-order valence-corrected chi connectivity index (χ2v) is 7.04. The number of ether oxygens (including phenoxy) is 1. The molecule has 1 amide bonds. The molecule has 25 heavy (non-hydrogen) atoms. The van der Waals surface area contributed by atoms with E-state index in [1.54, 1.807) is 4.90 Å². The summed E-state index contributed by atoms with van der Waals surface area (Å²) in [5.41, 5.74) is 2.28. The fraction of sp³-hybridized carbons (Fsp3) is 0.350. The fourth-order valence-electron chi connectivity index (χ4n) is 2.53. The Hall–Kier alpha value is -1.85. The third-order valence-corrected chi connectivity index (χ3v) is 4.38. The van der Waals surface area contributed by atoms with Crippen molar-refractivity contribution in [2.45, 2.75) is 20.0 Å². The Morgan fingerprint density at radius 1 is 0.960 bits per heavy atom. The van der Waals surface area contributed by atoms with Gasteiger partial charge in [0.15, 0.2) is 0 Å². The Labute approximate surface area is 158 Å². The zero-order valence-corrected chi connectivity index (χ0v) is 16.6. The van der Waals surface area contributed by atoms with E-state index in [1.165, 1.54) is 5.56 Å². The Kier molecular flexibility index (Phi) is 7.47. The third-order valence-electron chi connectivity index (χ3n) is 3.85. The van der Waals surface area contributed by atoms with E-state index >= 15 is 0 Å². The first kappa shape index (κ1) is 19.5. The summed E-state index contributed by atoms with van der Waals surface area (Å²) in [6, 6.07) is 16.0. The molecule has 0 saturated carbocycles. The fourth-order valence-corrected chi connectivity index (χ4v) is 2.79. The summed E-state index contributed by atoms with van der Waals surface area (Å²) in [5, 5.41) is 0. The molecule has 2 aromatic rings. The maximum atomic E-state index is 12.4. The van der Waals surface area contributed by atoms with Crippen molar-refractivity contribution in [3.8, 4) is 5.75 Å². The van der Waals surface area contributed by atoms with Crippen molar-refractivity contribution in [1.29, 1.82) is 0 Å². The van der Waals surface area contributed by atoms with E-state index in [2.05, 4.69) is 28.1 Å². The number of carbonyl (C=O) groups is 1. The number of rotatable bonds is 8. The minimum atomic E-state index is 0.105. The predicted octanol–water partition coefficient (Wildman–Crippen LogP) is 3.94. The molecule has 0 aliphatic heterocycles. The highest BCUT2D eigenvalue weighted by Gasteiger charge is 2.12. The molecular weight excluding hydrogens is 380 g/mol. The lowest BCUT2D eigenvalue weighted by molar-refractivity contribution is -0.131. The van der Waals surface area contributed by atoms with E-state index in [-0.39, 0.29) is 5.91 Å². The second-order valence-electron chi connectivity index (χ2n) is 6.13. The first-order chi connectivity index (χ1) is 12.0. The van der Waals surface area contributed by atoms with Crippen LogP contribution in [0.5, 0.6) is 5.75 Å². The molecule has 0 N–H and O–H groups in total. The molecule has 2 aromatic carbocycles. The highest BCUT2D eigenvalue weighted by Crippen LogP contribution is 2.14. The number of hydrogen-bond acceptors (Lipinski definition) is 3. The average molecular weight is 405 g/mol. The summed E-state index contributed by atoms with van der Waals surface area (Å²) in [4.78, 5) is 16.2. The van der Waals surface area contributed by atoms with Gasteiger partial charge in [-0.1, -0.05) is 40.2 Å².